The van der Waals surface area contributed by atoms with Gasteiger partial charge in [-0.2, -0.15) is 18.2 Å². The molecule has 1 fully saturated rings. The van der Waals surface area contributed by atoms with Crippen LogP contribution >= 0.6 is 0 Å². The first-order valence-electron chi connectivity index (χ1n) is 8.73. The number of pyridine rings is 1. The van der Waals surface area contributed by atoms with Gasteiger partial charge in [-0.15, -0.1) is 0 Å². The molecule has 26 heavy (non-hydrogen) atoms. The Balaban J connectivity index is 1.52. The zero-order valence-corrected chi connectivity index (χ0v) is 14.8. The zero-order valence-electron chi connectivity index (χ0n) is 14.8. The summed E-state index contributed by atoms with van der Waals surface area (Å²) in [4.78, 5) is 10.3. The van der Waals surface area contributed by atoms with Gasteiger partial charge in [0.25, 0.3) is 0 Å². The van der Waals surface area contributed by atoms with Crippen LogP contribution in [0.5, 0.6) is 0 Å². The van der Waals surface area contributed by atoms with Crippen molar-refractivity contribution >= 4 is 5.82 Å². The van der Waals surface area contributed by atoms with Crippen LogP contribution in [0.25, 0.3) is 0 Å². The highest BCUT2D eigenvalue weighted by molar-refractivity contribution is 5.40. The molecule has 2 aromatic rings. The lowest BCUT2D eigenvalue weighted by Crippen LogP contribution is -2.43. The highest BCUT2D eigenvalue weighted by Crippen LogP contribution is 2.30. The number of nitrogens with zero attached hydrogens (tertiary/aromatic N) is 4. The molecule has 0 bridgehead atoms. The van der Waals surface area contributed by atoms with E-state index in [1.165, 1.54) is 6.07 Å². The molecule has 2 aromatic heterocycles. The minimum atomic E-state index is -4.36. The Kier molecular flexibility index (Phi) is 5.45. The molecule has 1 N–H and O–H groups in total. The van der Waals surface area contributed by atoms with Crippen molar-refractivity contribution in [3.05, 3.63) is 35.6 Å². The van der Waals surface area contributed by atoms with Crippen molar-refractivity contribution < 1.29 is 17.7 Å². The zero-order chi connectivity index (χ0) is 18.7. The highest BCUT2D eigenvalue weighted by atomic mass is 19.4. The van der Waals surface area contributed by atoms with Gasteiger partial charge >= 0.3 is 6.18 Å². The van der Waals surface area contributed by atoms with E-state index in [9.17, 15) is 13.2 Å². The molecule has 9 heteroatoms. The SMILES string of the molecule is CCc1noc(C(C)NC2CCN(c3ccc(C(F)(F)F)cn3)CC2)n1. The molecule has 142 valence electrons. The summed E-state index contributed by atoms with van der Waals surface area (Å²) in [6.45, 7) is 5.41. The Morgan fingerprint density at radius 3 is 2.58 bits per heavy atom. The van der Waals surface area contributed by atoms with E-state index in [0.29, 0.717) is 17.5 Å². The number of aromatic nitrogens is 3. The number of halogens is 3. The second kappa shape index (κ2) is 7.61. The third-order valence-corrected chi connectivity index (χ3v) is 4.55. The van der Waals surface area contributed by atoms with Gasteiger partial charge in [-0.3, -0.25) is 0 Å². The van der Waals surface area contributed by atoms with Crippen molar-refractivity contribution in [2.75, 3.05) is 18.0 Å². The fraction of sp³-hybridized carbons (Fsp3) is 0.588. The Bertz CT molecular complexity index is 708. The standard InChI is InChI=1S/C17H22F3N5O/c1-3-14-23-16(26-24-14)11(2)22-13-6-8-25(9-7-13)15-5-4-12(10-21-15)17(18,19)20/h4-5,10-11,13,22H,3,6-9H2,1-2H3. The molecule has 0 saturated carbocycles. The topological polar surface area (TPSA) is 67.1 Å². The van der Waals surface area contributed by atoms with Gasteiger partial charge in [0.05, 0.1) is 11.6 Å². The minimum absolute atomic E-state index is 0.0384. The van der Waals surface area contributed by atoms with Crippen LogP contribution < -0.4 is 10.2 Å². The largest absolute Gasteiger partial charge is 0.417 e. The molecule has 3 rings (SSSR count). The summed E-state index contributed by atoms with van der Waals surface area (Å²) in [6.07, 6.45) is -1.01. The predicted octanol–water partition coefficient (Wildman–Crippen LogP) is 3.37. The minimum Gasteiger partial charge on any atom is -0.357 e. The summed E-state index contributed by atoms with van der Waals surface area (Å²) in [6, 6.07) is 2.76. The summed E-state index contributed by atoms with van der Waals surface area (Å²) in [5.74, 6) is 1.85. The van der Waals surface area contributed by atoms with E-state index in [2.05, 4.69) is 20.4 Å². The molecule has 3 heterocycles. The van der Waals surface area contributed by atoms with Gasteiger partial charge in [0, 0.05) is 31.7 Å². The first kappa shape index (κ1) is 18.6. The molecular weight excluding hydrogens is 347 g/mol. The summed E-state index contributed by atoms with van der Waals surface area (Å²) >= 11 is 0. The highest BCUT2D eigenvalue weighted by Gasteiger charge is 2.31. The van der Waals surface area contributed by atoms with E-state index in [1.807, 2.05) is 18.7 Å². The molecule has 0 aromatic carbocycles. The predicted molar refractivity (Wildman–Crippen MR) is 89.7 cm³/mol. The Hall–Kier alpha value is -2.16. The molecule has 1 aliphatic heterocycles. The van der Waals surface area contributed by atoms with Crippen LogP contribution in [0.4, 0.5) is 19.0 Å². The van der Waals surface area contributed by atoms with Crippen LogP contribution in [0.15, 0.2) is 22.9 Å². The molecule has 1 aliphatic rings. The lowest BCUT2D eigenvalue weighted by atomic mass is 10.0. The van der Waals surface area contributed by atoms with Crippen LogP contribution in [0, 0.1) is 0 Å². The Labute approximate surface area is 149 Å². The van der Waals surface area contributed by atoms with Gasteiger partial charge in [-0.05, 0) is 31.9 Å². The monoisotopic (exact) mass is 369 g/mol. The van der Waals surface area contributed by atoms with Crippen molar-refractivity contribution in [1.29, 1.82) is 0 Å². The second-order valence-electron chi connectivity index (χ2n) is 6.45. The molecule has 0 amide bonds. The summed E-state index contributed by atoms with van der Waals surface area (Å²) < 4.78 is 43.1. The maximum absolute atomic E-state index is 12.6. The van der Waals surface area contributed by atoms with Crippen molar-refractivity contribution in [3.63, 3.8) is 0 Å². The van der Waals surface area contributed by atoms with Gasteiger partial charge in [0.1, 0.15) is 5.82 Å². The first-order valence-corrected chi connectivity index (χ1v) is 8.73. The fourth-order valence-corrected chi connectivity index (χ4v) is 3.03. The summed E-state index contributed by atoms with van der Waals surface area (Å²) in [5, 5.41) is 7.38. The van der Waals surface area contributed by atoms with Gasteiger partial charge < -0.3 is 14.7 Å². The van der Waals surface area contributed by atoms with Crippen LogP contribution in [0.3, 0.4) is 0 Å². The lowest BCUT2D eigenvalue weighted by molar-refractivity contribution is -0.137. The van der Waals surface area contributed by atoms with Gasteiger partial charge in [0.2, 0.25) is 5.89 Å². The van der Waals surface area contributed by atoms with Crippen LogP contribution in [0.2, 0.25) is 0 Å². The third kappa shape index (κ3) is 4.32. The molecule has 0 aliphatic carbocycles. The molecule has 1 saturated heterocycles. The first-order chi connectivity index (χ1) is 12.4. The number of hydrogen-bond acceptors (Lipinski definition) is 6. The number of hydrogen-bond donors (Lipinski definition) is 1. The fourth-order valence-electron chi connectivity index (χ4n) is 3.03. The van der Waals surface area contributed by atoms with Crippen molar-refractivity contribution in [2.45, 2.75) is 51.4 Å². The van der Waals surface area contributed by atoms with E-state index in [-0.39, 0.29) is 12.1 Å². The van der Waals surface area contributed by atoms with E-state index < -0.39 is 11.7 Å². The number of rotatable bonds is 5. The van der Waals surface area contributed by atoms with Crippen LogP contribution in [0.1, 0.15) is 50.0 Å². The lowest BCUT2D eigenvalue weighted by Gasteiger charge is -2.34. The van der Waals surface area contributed by atoms with Gasteiger partial charge in [0.15, 0.2) is 5.82 Å². The van der Waals surface area contributed by atoms with Crippen LogP contribution in [-0.2, 0) is 12.6 Å². The number of nitrogens with one attached hydrogen (secondary N) is 1. The molecule has 1 atom stereocenters. The number of piperidine rings is 1. The van der Waals surface area contributed by atoms with E-state index in [1.54, 1.807) is 0 Å². The number of alkyl halides is 3. The Morgan fingerprint density at radius 2 is 2.04 bits per heavy atom. The maximum Gasteiger partial charge on any atom is 0.417 e. The van der Waals surface area contributed by atoms with Crippen LogP contribution in [-0.4, -0.2) is 34.3 Å². The third-order valence-electron chi connectivity index (χ3n) is 4.55. The van der Waals surface area contributed by atoms with Crippen molar-refractivity contribution in [3.8, 4) is 0 Å². The van der Waals surface area contributed by atoms with Gasteiger partial charge in [-0.25, -0.2) is 4.98 Å². The smallest absolute Gasteiger partial charge is 0.357 e. The molecular formula is C17H22F3N5O. The normalized spacial score (nSPS) is 17.5. The average Bonchev–Trinajstić information content (AvgIpc) is 3.11. The van der Waals surface area contributed by atoms with E-state index in [0.717, 1.165) is 44.6 Å². The van der Waals surface area contributed by atoms with E-state index >= 15 is 0 Å². The second-order valence-corrected chi connectivity index (χ2v) is 6.45. The number of anilines is 1. The Morgan fingerprint density at radius 1 is 1.31 bits per heavy atom. The summed E-state index contributed by atoms with van der Waals surface area (Å²) in [7, 11) is 0. The molecule has 6 nitrogen and oxygen atoms in total. The maximum atomic E-state index is 12.6. The quantitative estimate of drug-likeness (QED) is 0.872. The van der Waals surface area contributed by atoms with Crippen molar-refractivity contribution in [2.24, 2.45) is 0 Å². The van der Waals surface area contributed by atoms with E-state index in [4.69, 9.17) is 4.52 Å². The molecule has 0 radical (unpaired) electrons. The summed E-state index contributed by atoms with van der Waals surface area (Å²) in [5.41, 5.74) is -0.724. The molecule has 0 spiro atoms. The van der Waals surface area contributed by atoms with Gasteiger partial charge in [-0.1, -0.05) is 12.1 Å². The van der Waals surface area contributed by atoms with Crippen molar-refractivity contribution in [1.82, 2.24) is 20.4 Å². The molecule has 1 unspecified atom stereocenters. The average molecular weight is 369 g/mol. The number of aryl methyl sites for hydroxylation is 1.